The molecule has 1 rings (SSSR count). The zero-order valence-corrected chi connectivity index (χ0v) is 15.3. The smallest absolute Gasteiger partial charge is 0.397 e. The number of hydrogen-bond acceptors (Lipinski definition) is 5. The maximum atomic E-state index is 13.7. The van der Waals surface area contributed by atoms with Gasteiger partial charge < -0.3 is 18.6 Å². The summed E-state index contributed by atoms with van der Waals surface area (Å²) in [5.41, 5.74) is -5.35. The van der Waals surface area contributed by atoms with Crippen LogP contribution in [0.4, 0.5) is 22.0 Å². The number of ether oxygens (including phenoxy) is 3. The Hall–Kier alpha value is -1.56. The average Bonchev–Trinajstić information content (AvgIpc) is 2.49. The van der Waals surface area contributed by atoms with Crippen LogP contribution in [-0.4, -0.2) is 40.1 Å². The Morgan fingerprint density at radius 1 is 1.00 bits per heavy atom. The lowest BCUT2D eigenvalue weighted by atomic mass is 10.2. The molecular weight excluding hydrogens is 383 g/mol. The molecule has 0 unspecified atom stereocenters. The molecule has 5 nitrogen and oxygen atoms in total. The second-order valence-corrected chi connectivity index (χ2v) is 6.53. The van der Waals surface area contributed by atoms with E-state index in [1.165, 1.54) is 0 Å². The molecule has 0 aliphatic rings. The summed E-state index contributed by atoms with van der Waals surface area (Å²) in [6, 6.07) is 0.900. The molecule has 0 saturated carbocycles. The van der Waals surface area contributed by atoms with Crippen molar-refractivity contribution in [3.05, 3.63) is 35.1 Å². The van der Waals surface area contributed by atoms with Gasteiger partial charge in [0.15, 0.2) is 17.5 Å². The number of carbonyl (C=O) groups is 1. The Balaban J connectivity index is 2.75. The Morgan fingerprint density at radius 2 is 1.54 bits per heavy atom. The van der Waals surface area contributed by atoms with Crippen molar-refractivity contribution in [3.63, 3.8) is 0 Å². The number of hydrogen-bond donors (Lipinski definition) is 0. The molecule has 0 aliphatic carbocycles. The molecule has 2 radical (unpaired) electrons. The first kappa shape index (κ1) is 22.5. The van der Waals surface area contributed by atoms with Gasteiger partial charge in [-0.3, -0.25) is 0 Å². The van der Waals surface area contributed by atoms with E-state index >= 15 is 0 Å². The number of halogens is 5. The van der Waals surface area contributed by atoms with Crippen LogP contribution in [-0.2, 0) is 18.6 Å². The summed E-state index contributed by atoms with van der Waals surface area (Å²) >= 11 is 0. The van der Waals surface area contributed by atoms with Gasteiger partial charge in [0, 0.05) is 0 Å². The highest BCUT2D eigenvalue weighted by Crippen LogP contribution is 2.21. The molecule has 146 valence electrons. The second kappa shape index (κ2) is 9.40. The standard InChI is InChI=1S/C15H17F5O5Si/c1-7(2)22-14(23-8(3)4)25-26-15(19,20)24-13(21)9-5-6-10(16)12(18)11(9)17/h5-8,14H,1-4H3. The first-order chi connectivity index (χ1) is 11.9. The van der Waals surface area contributed by atoms with Crippen molar-refractivity contribution in [1.29, 1.82) is 0 Å². The van der Waals surface area contributed by atoms with E-state index in [9.17, 15) is 26.7 Å². The summed E-state index contributed by atoms with van der Waals surface area (Å²) in [6.45, 7) is 5.03. The largest absolute Gasteiger partial charge is 0.399 e. The third-order valence-electron chi connectivity index (χ3n) is 2.52. The van der Waals surface area contributed by atoms with Crippen LogP contribution in [0.25, 0.3) is 0 Å². The van der Waals surface area contributed by atoms with Crippen LogP contribution in [0.2, 0.25) is 0 Å². The molecule has 0 aromatic heterocycles. The fraction of sp³-hybridized carbons (Fsp3) is 0.533. The molecule has 0 amide bonds. The van der Waals surface area contributed by atoms with Crippen molar-refractivity contribution in [2.45, 2.75) is 52.1 Å². The van der Waals surface area contributed by atoms with E-state index in [-0.39, 0.29) is 0 Å². The third-order valence-corrected chi connectivity index (χ3v) is 3.17. The van der Waals surface area contributed by atoms with Crippen molar-refractivity contribution in [3.8, 4) is 0 Å². The molecule has 0 fully saturated rings. The van der Waals surface area contributed by atoms with E-state index in [2.05, 4.69) is 4.74 Å². The Kier molecular flexibility index (Phi) is 8.12. The van der Waals surface area contributed by atoms with Crippen molar-refractivity contribution in [1.82, 2.24) is 0 Å². The van der Waals surface area contributed by atoms with Crippen LogP contribution in [0.5, 0.6) is 0 Å². The van der Waals surface area contributed by atoms with Gasteiger partial charge in [-0.05, 0) is 39.8 Å². The number of carbonyl (C=O) groups excluding carboxylic acids is 1. The van der Waals surface area contributed by atoms with Crippen LogP contribution in [0.15, 0.2) is 12.1 Å². The minimum atomic E-state index is -4.17. The summed E-state index contributed by atoms with van der Waals surface area (Å²) in [5.74, 6) is -7.36. The zero-order valence-electron chi connectivity index (χ0n) is 14.3. The number of benzene rings is 1. The molecule has 0 N–H and O–H groups in total. The van der Waals surface area contributed by atoms with Gasteiger partial charge in [0.25, 0.3) is 6.48 Å². The summed E-state index contributed by atoms with van der Waals surface area (Å²) in [5, 5.41) is 0. The van der Waals surface area contributed by atoms with Crippen LogP contribution in [0.3, 0.4) is 0 Å². The molecule has 0 aliphatic heterocycles. The second-order valence-electron chi connectivity index (χ2n) is 5.51. The van der Waals surface area contributed by atoms with Crippen molar-refractivity contribution < 1.29 is 45.4 Å². The lowest BCUT2D eigenvalue weighted by molar-refractivity contribution is -0.282. The summed E-state index contributed by atoms with van der Waals surface area (Å²) in [4.78, 5) is 11.6. The normalized spacial score (nSPS) is 12.3. The molecule has 0 heterocycles. The van der Waals surface area contributed by atoms with Gasteiger partial charge in [0.2, 0.25) is 0 Å². The maximum Gasteiger partial charge on any atom is 0.397 e. The highest BCUT2D eigenvalue weighted by Gasteiger charge is 2.40. The summed E-state index contributed by atoms with van der Waals surface area (Å²) in [6.07, 6.45) is -0.813. The van der Waals surface area contributed by atoms with Gasteiger partial charge in [0.1, 0.15) is 0 Å². The highest BCUT2D eigenvalue weighted by atomic mass is 28.2. The van der Waals surface area contributed by atoms with Gasteiger partial charge in [-0.1, -0.05) is 0 Å². The Morgan fingerprint density at radius 3 is 2.04 bits per heavy atom. The SMILES string of the molecule is CC(C)OC(O[Si]C(F)(F)OC(=O)c1ccc(F)c(F)c1F)OC(C)C. The van der Waals surface area contributed by atoms with Crippen molar-refractivity contribution >= 4 is 15.7 Å². The molecule has 11 heteroatoms. The minimum absolute atomic E-state index is 0.406. The predicted molar refractivity (Wildman–Crippen MR) is 79.7 cm³/mol. The van der Waals surface area contributed by atoms with E-state index in [0.29, 0.717) is 12.1 Å². The van der Waals surface area contributed by atoms with E-state index < -0.39 is 63.2 Å². The molecular formula is C15H17F5O5Si. The van der Waals surface area contributed by atoms with Gasteiger partial charge >= 0.3 is 21.5 Å². The number of rotatable bonds is 9. The minimum Gasteiger partial charge on any atom is -0.399 e. The Bertz CT molecular complexity index is 617. The molecule has 1 aromatic carbocycles. The summed E-state index contributed by atoms with van der Waals surface area (Å²) < 4.78 is 85.7. The fourth-order valence-corrected chi connectivity index (χ4v) is 2.00. The van der Waals surface area contributed by atoms with Crippen molar-refractivity contribution in [2.24, 2.45) is 0 Å². The predicted octanol–water partition coefficient (Wildman–Crippen LogP) is 3.58. The van der Waals surface area contributed by atoms with Gasteiger partial charge in [-0.25, -0.2) is 18.0 Å². The van der Waals surface area contributed by atoms with Crippen LogP contribution < -0.4 is 0 Å². The fourth-order valence-electron chi connectivity index (χ4n) is 1.52. The van der Waals surface area contributed by atoms with E-state index in [4.69, 9.17) is 13.9 Å². The van der Waals surface area contributed by atoms with Gasteiger partial charge in [0.05, 0.1) is 17.8 Å². The van der Waals surface area contributed by atoms with E-state index in [1.54, 1.807) is 27.7 Å². The molecule has 26 heavy (non-hydrogen) atoms. The number of alkyl halides is 2. The topological polar surface area (TPSA) is 54.0 Å². The third kappa shape index (κ3) is 6.98. The van der Waals surface area contributed by atoms with Crippen molar-refractivity contribution in [2.75, 3.05) is 0 Å². The lowest BCUT2D eigenvalue weighted by Crippen LogP contribution is -2.38. The van der Waals surface area contributed by atoms with Gasteiger partial charge in [-0.2, -0.15) is 8.78 Å². The zero-order chi connectivity index (χ0) is 20.1. The highest BCUT2D eigenvalue weighted by molar-refractivity contribution is 6.30. The molecule has 0 saturated heterocycles. The van der Waals surface area contributed by atoms with Crippen LogP contribution >= 0.6 is 0 Å². The Labute approximate surface area is 149 Å². The van der Waals surface area contributed by atoms with E-state index in [0.717, 1.165) is 0 Å². The lowest BCUT2D eigenvalue weighted by Gasteiger charge is -2.24. The first-order valence-electron chi connectivity index (χ1n) is 7.41. The first-order valence-corrected chi connectivity index (χ1v) is 8.32. The average molecular weight is 400 g/mol. The number of esters is 1. The molecule has 0 spiro atoms. The van der Waals surface area contributed by atoms with Gasteiger partial charge in [-0.15, -0.1) is 0 Å². The summed E-state index contributed by atoms with van der Waals surface area (Å²) in [7, 11) is -1.75. The molecule has 0 atom stereocenters. The monoisotopic (exact) mass is 400 g/mol. The van der Waals surface area contributed by atoms with E-state index in [1.807, 2.05) is 0 Å². The maximum absolute atomic E-state index is 13.7. The van der Waals surface area contributed by atoms with Crippen LogP contribution in [0, 0.1) is 17.5 Å². The molecule has 0 bridgehead atoms. The molecule has 1 aromatic rings. The quantitative estimate of drug-likeness (QED) is 0.209. The van der Waals surface area contributed by atoms with Crippen LogP contribution in [0.1, 0.15) is 38.1 Å².